The van der Waals surface area contributed by atoms with Gasteiger partial charge in [0.05, 0.1) is 11.4 Å². The molecular weight excluding hydrogens is 238 g/mol. The zero-order valence-electron chi connectivity index (χ0n) is 11.9. The lowest BCUT2D eigenvalue weighted by Crippen LogP contribution is -2.25. The minimum absolute atomic E-state index is 0.00545. The molecule has 1 aromatic rings. The summed E-state index contributed by atoms with van der Waals surface area (Å²) in [5.74, 6) is -0.00545. The molecule has 4 heteroatoms. The largest absolute Gasteiger partial charge is 0.397 e. The number of rotatable bonds is 2. The number of carbonyl (C=O) groups excluding carboxylic acids is 1. The molecule has 1 aliphatic rings. The number of benzene rings is 1. The van der Waals surface area contributed by atoms with E-state index in [-0.39, 0.29) is 5.91 Å². The first-order valence-electron chi connectivity index (χ1n) is 6.95. The van der Waals surface area contributed by atoms with Crippen LogP contribution in [-0.4, -0.2) is 38.0 Å². The molecule has 104 valence electrons. The van der Waals surface area contributed by atoms with E-state index in [2.05, 4.69) is 4.90 Å². The molecular formula is C15H23N3O. The SMILES string of the molecule is CN(C)C(=O)c1ccc(N2CCCCCC2)c(N)c1. The van der Waals surface area contributed by atoms with Crippen molar-refractivity contribution >= 4 is 17.3 Å². The van der Waals surface area contributed by atoms with Crippen LogP contribution in [-0.2, 0) is 0 Å². The second kappa shape index (κ2) is 5.95. The van der Waals surface area contributed by atoms with Gasteiger partial charge in [-0.25, -0.2) is 0 Å². The summed E-state index contributed by atoms with van der Waals surface area (Å²) in [5.41, 5.74) is 8.55. The molecule has 1 heterocycles. The van der Waals surface area contributed by atoms with Crippen molar-refractivity contribution in [1.82, 2.24) is 4.90 Å². The molecule has 0 spiro atoms. The topological polar surface area (TPSA) is 49.6 Å². The zero-order chi connectivity index (χ0) is 13.8. The molecule has 0 aromatic heterocycles. The van der Waals surface area contributed by atoms with Gasteiger partial charge in [0.1, 0.15) is 0 Å². The molecule has 0 radical (unpaired) electrons. The maximum Gasteiger partial charge on any atom is 0.253 e. The number of hydrogen-bond acceptors (Lipinski definition) is 3. The Bertz CT molecular complexity index is 449. The molecule has 1 aliphatic heterocycles. The molecule has 0 aliphatic carbocycles. The van der Waals surface area contributed by atoms with E-state index in [1.54, 1.807) is 25.1 Å². The highest BCUT2D eigenvalue weighted by Gasteiger charge is 2.15. The summed E-state index contributed by atoms with van der Waals surface area (Å²) in [6.07, 6.45) is 5.04. The third-order valence-electron chi connectivity index (χ3n) is 3.63. The molecule has 0 bridgehead atoms. The fourth-order valence-electron chi connectivity index (χ4n) is 2.55. The van der Waals surface area contributed by atoms with E-state index in [0.717, 1.165) is 18.8 Å². The average Bonchev–Trinajstić information content (AvgIpc) is 2.66. The van der Waals surface area contributed by atoms with Crippen molar-refractivity contribution in [2.75, 3.05) is 37.8 Å². The lowest BCUT2D eigenvalue weighted by Gasteiger charge is -2.24. The summed E-state index contributed by atoms with van der Waals surface area (Å²) in [4.78, 5) is 15.8. The van der Waals surface area contributed by atoms with Crippen LogP contribution in [0, 0.1) is 0 Å². The van der Waals surface area contributed by atoms with Crippen molar-refractivity contribution in [3.05, 3.63) is 23.8 Å². The molecule has 0 saturated carbocycles. The predicted molar refractivity (Wildman–Crippen MR) is 79.6 cm³/mol. The molecule has 19 heavy (non-hydrogen) atoms. The van der Waals surface area contributed by atoms with Gasteiger partial charge in [0.15, 0.2) is 0 Å². The van der Waals surface area contributed by atoms with Crippen molar-refractivity contribution in [2.24, 2.45) is 0 Å². The number of anilines is 2. The van der Waals surface area contributed by atoms with Crippen LogP contribution in [0.4, 0.5) is 11.4 Å². The summed E-state index contributed by atoms with van der Waals surface area (Å²) in [5, 5.41) is 0. The lowest BCUT2D eigenvalue weighted by molar-refractivity contribution is 0.0827. The first kappa shape index (κ1) is 13.7. The Morgan fingerprint density at radius 3 is 2.32 bits per heavy atom. The maximum absolute atomic E-state index is 11.9. The van der Waals surface area contributed by atoms with E-state index in [4.69, 9.17) is 5.73 Å². The molecule has 0 unspecified atom stereocenters. The van der Waals surface area contributed by atoms with E-state index in [0.29, 0.717) is 11.3 Å². The summed E-state index contributed by atoms with van der Waals surface area (Å²) in [7, 11) is 3.50. The third-order valence-corrected chi connectivity index (χ3v) is 3.63. The van der Waals surface area contributed by atoms with Gasteiger partial charge in [-0.2, -0.15) is 0 Å². The summed E-state index contributed by atoms with van der Waals surface area (Å²) in [6.45, 7) is 2.12. The van der Waals surface area contributed by atoms with Crippen molar-refractivity contribution in [3.8, 4) is 0 Å². The summed E-state index contributed by atoms with van der Waals surface area (Å²) < 4.78 is 0. The van der Waals surface area contributed by atoms with Crippen molar-refractivity contribution in [3.63, 3.8) is 0 Å². The Balaban J connectivity index is 2.21. The molecule has 2 rings (SSSR count). The van der Waals surface area contributed by atoms with Crippen LogP contribution in [0.15, 0.2) is 18.2 Å². The van der Waals surface area contributed by atoms with Gasteiger partial charge < -0.3 is 15.5 Å². The van der Waals surface area contributed by atoms with Gasteiger partial charge in [0.25, 0.3) is 5.91 Å². The fraction of sp³-hybridized carbons (Fsp3) is 0.533. The van der Waals surface area contributed by atoms with Crippen LogP contribution in [0.1, 0.15) is 36.0 Å². The van der Waals surface area contributed by atoms with Crippen molar-refractivity contribution < 1.29 is 4.79 Å². The van der Waals surface area contributed by atoms with Crippen LogP contribution in [0.2, 0.25) is 0 Å². The van der Waals surface area contributed by atoms with E-state index in [9.17, 15) is 4.79 Å². The van der Waals surface area contributed by atoms with Crippen LogP contribution >= 0.6 is 0 Å². The van der Waals surface area contributed by atoms with Crippen LogP contribution < -0.4 is 10.6 Å². The highest BCUT2D eigenvalue weighted by Crippen LogP contribution is 2.27. The Hall–Kier alpha value is -1.71. The Morgan fingerprint density at radius 1 is 1.16 bits per heavy atom. The molecule has 1 aromatic carbocycles. The predicted octanol–water partition coefficient (Wildman–Crippen LogP) is 2.35. The molecule has 4 nitrogen and oxygen atoms in total. The highest BCUT2D eigenvalue weighted by molar-refractivity contribution is 5.95. The molecule has 1 saturated heterocycles. The molecule has 1 fully saturated rings. The number of amides is 1. The molecule has 2 N–H and O–H groups in total. The van der Waals surface area contributed by atoms with Crippen LogP contribution in [0.5, 0.6) is 0 Å². The average molecular weight is 261 g/mol. The minimum atomic E-state index is -0.00545. The van der Waals surface area contributed by atoms with Crippen LogP contribution in [0.25, 0.3) is 0 Å². The lowest BCUT2D eigenvalue weighted by atomic mass is 10.1. The van der Waals surface area contributed by atoms with E-state index >= 15 is 0 Å². The fourth-order valence-corrected chi connectivity index (χ4v) is 2.55. The van der Waals surface area contributed by atoms with Gasteiger partial charge in [-0.1, -0.05) is 12.8 Å². The quantitative estimate of drug-likeness (QED) is 0.831. The van der Waals surface area contributed by atoms with Crippen LogP contribution in [0.3, 0.4) is 0 Å². The van der Waals surface area contributed by atoms with Gasteiger partial charge >= 0.3 is 0 Å². The van der Waals surface area contributed by atoms with Gasteiger partial charge in [0, 0.05) is 32.7 Å². The van der Waals surface area contributed by atoms with E-state index in [1.165, 1.54) is 25.7 Å². The highest BCUT2D eigenvalue weighted by atomic mass is 16.2. The number of nitrogens with zero attached hydrogens (tertiary/aromatic N) is 2. The monoisotopic (exact) mass is 261 g/mol. The van der Waals surface area contributed by atoms with E-state index in [1.807, 2.05) is 12.1 Å². The minimum Gasteiger partial charge on any atom is -0.397 e. The zero-order valence-corrected chi connectivity index (χ0v) is 11.9. The normalized spacial score (nSPS) is 16.0. The smallest absolute Gasteiger partial charge is 0.253 e. The molecule has 0 atom stereocenters. The second-order valence-electron chi connectivity index (χ2n) is 5.37. The second-order valence-corrected chi connectivity index (χ2v) is 5.37. The standard InChI is InChI=1S/C15H23N3O/c1-17(2)15(19)12-7-8-14(13(16)11-12)18-9-5-3-4-6-10-18/h7-8,11H,3-6,9-10,16H2,1-2H3. The summed E-state index contributed by atoms with van der Waals surface area (Å²) >= 11 is 0. The van der Waals surface area contributed by atoms with Gasteiger partial charge in [0.2, 0.25) is 0 Å². The number of nitrogens with two attached hydrogens (primary N) is 1. The third kappa shape index (κ3) is 3.19. The molecule has 1 amide bonds. The first-order valence-corrected chi connectivity index (χ1v) is 6.95. The van der Waals surface area contributed by atoms with Crippen molar-refractivity contribution in [2.45, 2.75) is 25.7 Å². The Kier molecular flexibility index (Phi) is 4.30. The number of hydrogen-bond donors (Lipinski definition) is 1. The number of nitrogen functional groups attached to an aromatic ring is 1. The van der Waals surface area contributed by atoms with Gasteiger partial charge in [-0.15, -0.1) is 0 Å². The Labute approximate surface area is 115 Å². The first-order chi connectivity index (χ1) is 9.09. The number of carbonyl (C=O) groups is 1. The van der Waals surface area contributed by atoms with Crippen molar-refractivity contribution in [1.29, 1.82) is 0 Å². The maximum atomic E-state index is 11.9. The van der Waals surface area contributed by atoms with E-state index < -0.39 is 0 Å². The van der Waals surface area contributed by atoms with Gasteiger partial charge in [-0.3, -0.25) is 4.79 Å². The summed E-state index contributed by atoms with van der Waals surface area (Å²) in [6, 6.07) is 5.65. The van der Waals surface area contributed by atoms with Gasteiger partial charge in [-0.05, 0) is 31.0 Å². The Morgan fingerprint density at radius 2 is 1.79 bits per heavy atom.